The molecule has 92 valence electrons. The number of rotatable bonds is 3. The van der Waals surface area contributed by atoms with E-state index in [0.29, 0.717) is 10.8 Å². The Morgan fingerprint density at radius 1 is 1.47 bits per heavy atom. The van der Waals surface area contributed by atoms with Crippen molar-refractivity contribution < 1.29 is 4.79 Å². The van der Waals surface area contributed by atoms with E-state index in [1.54, 1.807) is 6.07 Å². The minimum Gasteiger partial charge on any atom is -0.351 e. The summed E-state index contributed by atoms with van der Waals surface area (Å²) in [6.07, 6.45) is 3.83. The van der Waals surface area contributed by atoms with Crippen LogP contribution in [0.4, 0.5) is 0 Å². The summed E-state index contributed by atoms with van der Waals surface area (Å²) in [5.74, 6) is 1.24. The molecular weight excluding hydrogens is 250 g/mol. The van der Waals surface area contributed by atoms with E-state index in [4.69, 9.17) is 0 Å². The Labute approximate surface area is 112 Å². The van der Waals surface area contributed by atoms with Crippen LogP contribution in [0.25, 0.3) is 0 Å². The van der Waals surface area contributed by atoms with Crippen molar-refractivity contribution in [1.82, 2.24) is 5.32 Å². The Morgan fingerprint density at radius 3 is 3.06 bits per heavy atom. The van der Waals surface area contributed by atoms with E-state index in [1.807, 2.05) is 30.0 Å². The average molecular weight is 267 g/mol. The first-order valence-corrected chi connectivity index (χ1v) is 7.44. The van der Waals surface area contributed by atoms with E-state index in [9.17, 15) is 4.79 Å². The molecule has 1 unspecified atom stereocenters. The molecule has 1 aliphatic heterocycles. The van der Waals surface area contributed by atoms with E-state index in [0.717, 1.165) is 11.4 Å². The molecule has 1 N–H and O–H groups in total. The van der Waals surface area contributed by atoms with Crippen LogP contribution in [0.3, 0.4) is 0 Å². The quantitative estimate of drug-likeness (QED) is 0.824. The minimum atomic E-state index is 0.00655. The number of thioether (sulfide) groups is 1. The largest absolute Gasteiger partial charge is 0.351 e. The fourth-order valence-corrected chi connectivity index (χ4v) is 3.39. The SMILES string of the molecule is O=C(NCC1CCCCS1)c1cccc(S)c1. The highest BCUT2D eigenvalue weighted by molar-refractivity contribution is 7.99. The monoisotopic (exact) mass is 267 g/mol. The van der Waals surface area contributed by atoms with Crippen molar-refractivity contribution in [2.24, 2.45) is 0 Å². The normalized spacial score (nSPS) is 19.9. The molecule has 1 saturated heterocycles. The number of hydrogen-bond donors (Lipinski definition) is 2. The highest BCUT2D eigenvalue weighted by Gasteiger charge is 2.15. The van der Waals surface area contributed by atoms with Gasteiger partial charge in [-0.3, -0.25) is 4.79 Å². The van der Waals surface area contributed by atoms with Gasteiger partial charge in [0.15, 0.2) is 0 Å². The molecule has 1 atom stereocenters. The van der Waals surface area contributed by atoms with Gasteiger partial charge in [-0.2, -0.15) is 11.8 Å². The third-order valence-corrected chi connectivity index (χ3v) is 4.55. The highest BCUT2D eigenvalue weighted by Crippen LogP contribution is 2.24. The lowest BCUT2D eigenvalue weighted by Gasteiger charge is -2.21. The molecule has 0 aliphatic carbocycles. The van der Waals surface area contributed by atoms with Gasteiger partial charge in [-0.05, 0) is 36.8 Å². The molecule has 4 heteroatoms. The zero-order chi connectivity index (χ0) is 12.1. The lowest BCUT2D eigenvalue weighted by atomic mass is 10.1. The van der Waals surface area contributed by atoms with Crippen molar-refractivity contribution in [2.75, 3.05) is 12.3 Å². The minimum absolute atomic E-state index is 0.00655. The van der Waals surface area contributed by atoms with Gasteiger partial charge in [0.1, 0.15) is 0 Å². The number of nitrogens with one attached hydrogen (secondary N) is 1. The van der Waals surface area contributed by atoms with Crippen molar-refractivity contribution in [2.45, 2.75) is 29.4 Å². The molecule has 1 amide bonds. The molecule has 2 rings (SSSR count). The maximum absolute atomic E-state index is 11.9. The molecular formula is C13H17NOS2. The summed E-state index contributed by atoms with van der Waals surface area (Å²) in [6, 6.07) is 7.35. The highest BCUT2D eigenvalue weighted by atomic mass is 32.2. The first-order valence-electron chi connectivity index (χ1n) is 5.94. The molecule has 0 saturated carbocycles. The second-order valence-corrected chi connectivity index (χ2v) is 6.17. The Hall–Kier alpha value is -0.610. The Bertz CT molecular complexity index is 389. The van der Waals surface area contributed by atoms with Crippen LogP contribution in [0, 0.1) is 0 Å². The van der Waals surface area contributed by atoms with Crippen LogP contribution in [0.5, 0.6) is 0 Å². The van der Waals surface area contributed by atoms with Crippen LogP contribution in [0.15, 0.2) is 29.2 Å². The molecule has 1 fully saturated rings. The molecule has 0 aromatic heterocycles. The molecule has 2 nitrogen and oxygen atoms in total. The van der Waals surface area contributed by atoms with Crippen molar-refractivity contribution >= 4 is 30.3 Å². The van der Waals surface area contributed by atoms with Gasteiger partial charge < -0.3 is 5.32 Å². The second-order valence-electron chi connectivity index (χ2n) is 4.25. The maximum atomic E-state index is 11.9. The van der Waals surface area contributed by atoms with Gasteiger partial charge in [0.2, 0.25) is 0 Å². The zero-order valence-electron chi connectivity index (χ0n) is 9.69. The van der Waals surface area contributed by atoms with Crippen molar-refractivity contribution in [1.29, 1.82) is 0 Å². The van der Waals surface area contributed by atoms with Crippen molar-refractivity contribution in [3.63, 3.8) is 0 Å². The van der Waals surface area contributed by atoms with Crippen molar-refractivity contribution in [3.05, 3.63) is 29.8 Å². The van der Waals surface area contributed by atoms with E-state index < -0.39 is 0 Å². The molecule has 0 radical (unpaired) electrons. The van der Waals surface area contributed by atoms with Gasteiger partial charge in [0, 0.05) is 22.3 Å². The van der Waals surface area contributed by atoms with Crippen LogP contribution < -0.4 is 5.32 Å². The number of thiol groups is 1. The van der Waals surface area contributed by atoms with Crippen LogP contribution >= 0.6 is 24.4 Å². The Kier molecular flexibility index (Phi) is 4.80. The summed E-state index contributed by atoms with van der Waals surface area (Å²) in [6.45, 7) is 0.778. The summed E-state index contributed by atoms with van der Waals surface area (Å²) in [4.78, 5) is 12.7. The Balaban J connectivity index is 1.84. The lowest BCUT2D eigenvalue weighted by molar-refractivity contribution is 0.0953. The zero-order valence-corrected chi connectivity index (χ0v) is 11.4. The maximum Gasteiger partial charge on any atom is 0.251 e. The number of carbonyl (C=O) groups excluding carboxylic acids is 1. The van der Waals surface area contributed by atoms with Crippen LogP contribution in [0.1, 0.15) is 29.6 Å². The molecule has 17 heavy (non-hydrogen) atoms. The van der Waals surface area contributed by atoms with Crippen LogP contribution in [-0.2, 0) is 0 Å². The van der Waals surface area contributed by atoms with Gasteiger partial charge >= 0.3 is 0 Å². The first kappa shape index (κ1) is 12.8. The second kappa shape index (κ2) is 6.36. The molecule has 0 bridgehead atoms. The fourth-order valence-electron chi connectivity index (χ4n) is 1.92. The van der Waals surface area contributed by atoms with Crippen molar-refractivity contribution in [3.8, 4) is 0 Å². The fraction of sp³-hybridized carbons (Fsp3) is 0.462. The van der Waals surface area contributed by atoms with E-state index in [-0.39, 0.29) is 5.91 Å². The van der Waals surface area contributed by atoms with Crippen LogP contribution in [-0.4, -0.2) is 23.5 Å². The summed E-state index contributed by atoms with van der Waals surface area (Å²) < 4.78 is 0. The topological polar surface area (TPSA) is 29.1 Å². The Morgan fingerprint density at radius 2 is 2.35 bits per heavy atom. The number of hydrogen-bond acceptors (Lipinski definition) is 3. The van der Waals surface area contributed by atoms with E-state index in [2.05, 4.69) is 17.9 Å². The van der Waals surface area contributed by atoms with Gasteiger partial charge in [0.05, 0.1) is 0 Å². The summed E-state index contributed by atoms with van der Waals surface area (Å²) in [5.41, 5.74) is 0.693. The van der Waals surface area contributed by atoms with Gasteiger partial charge in [-0.15, -0.1) is 12.6 Å². The van der Waals surface area contributed by atoms with Gasteiger partial charge in [0.25, 0.3) is 5.91 Å². The third kappa shape index (κ3) is 3.96. The molecule has 1 heterocycles. The van der Waals surface area contributed by atoms with Gasteiger partial charge in [-0.25, -0.2) is 0 Å². The number of carbonyl (C=O) groups is 1. The molecule has 1 aliphatic rings. The lowest BCUT2D eigenvalue weighted by Crippen LogP contribution is -2.31. The van der Waals surface area contributed by atoms with Gasteiger partial charge in [-0.1, -0.05) is 12.5 Å². The number of benzene rings is 1. The summed E-state index contributed by atoms with van der Waals surface area (Å²) >= 11 is 6.21. The predicted molar refractivity (Wildman–Crippen MR) is 76.1 cm³/mol. The smallest absolute Gasteiger partial charge is 0.251 e. The standard InChI is InChI=1S/C13H17NOS2/c15-13(10-4-3-5-11(16)8-10)14-9-12-6-1-2-7-17-12/h3-5,8,12,16H,1-2,6-7,9H2,(H,14,15). The first-order chi connectivity index (χ1) is 8.25. The predicted octanol–water partition coefficient (Wildman–Crippen LogP) is 2.99. The van der Waals surface area contributed by atoms with Crippen LogP contribution in [0.2, 0.25) is 0 Å². The molecule has 0 spiro atoms. The third-order valence-electron chi connectivity index (χ3n) is 2.87. The number of amides is 1. The summed E-state index contributed by atoms with van der Waals surface area (Å²) in [7, 11) is 0. The molecule has 1 aromatic rings. The van der Waals surface area contributed by atoms with E-state index >= 15 is 0 Å². The summed E-state index contributed by atoms with van der Waals surface area (Å²) in [5, 5.41) is 3.59. The van der Waals surface area contributed by atoms with E-state index in [1.165, 1.54) is 25.0 Å². The molecule has 1 aromatic carbocycles. The average Bonchev–Trinajstić information content (AvgIpc) is 2.37.